The van der Waals surface area contributed by atoms with Gasteiger partial charge in [0.1, 0.15) is 10.9 Å². The highest BCUT2D eigenvalue weighted by Crippen LogP contribution is 2.22. The van der Waals surface area contributed by atoms with Crippen LogP contribution in [0.3, 0.4) is 0 Å². The monoisotopic (exact) mass is 285 g/mol. The van der Waals surface area contributed by atoms with Gasteiger partial charge in [0.05, 0.1) is 0 Å². The molecule has 1 aromatic rings. The Hall–Kier alpha value is -1.36. The third-order valence-corrected chi connectivity index (χ3v) is 3.00. The largest absolute Gasteiger partial charge is 0.480 e. The predicted molar refractivity (Wildman–Crippen MR) is 63.4 cm³/mol. The van der Waals surface area contributed by atoms with Crippen molar-refractivity contribution in [1.82, 2.24) is 5.32 Å². The Kier molecular flexibility index (Phi) is 4.49. The maximum absolute atomic E-state index is 11.6. The van der Waals surface area contributed by atoms with Crippen LogP contribution in [0.2, 0.25) is 0 Å². The van der Waals surface area contributed by atoms with Crippen molar-refractivity contribution in [3.8, 4) is 0 Å². The van der Waals surface area contributed by atoms with Crippen LogP contribution < -0.4 is 5.32 Å². The fourth-order valence-electron chi connectivity index (χ4n) is 1.12. The number of halogens is 1. The van der Waals surface area contributed by atoms with Crippen molar-refractivity contribution < 1.29 is 14.7 Å². The lowest BCUT2D eigenvalue weighted by Gasteiger charge is -2.13. The van der Waals surface area contributed by atoms with E-state index in [-0.39, 0.29) is 5.91 Å². The summed E-state index contributed by atoms with van der Waals surface area (Å²) in [4.78, 5) is 21.7. The summed E-state index contributed by atoms with van der Waals surface area (Å²) in [6.07, 6.45) is 0. The van der Waals surface area contributed by atoms with E-state index in [0.29, 0.717) is 0 Å². The molecule has 0 saturated carbocycles. The first-order chi connectivity index (χ1) is 7.52. The molecule has 1 rings (SSSR count). The van der Waals surface area contributed by atoms with Crippen LogP contribution in [0.15, 0.2) is 30.3 Å². The van der Waals surface area contributed by atoms with Gasteiger partial charge in [0.25, 0.3) is 0 Å². The zero-order chi connectivity index (χ0) is 12.1. The number of aliphatic carboxylic acids is 1. The molecular weight excluding hydrogens is 274 g/mol. The molecule has 2 N–H and O–H groups in total. The average molecular weight is 286 g/mol. The lowest BCUT2D eigenvalue weighted by molar-refractivity contribution is -0.141. The number of carboxylic acid groups (broad SMARTS) is 1. The molecule has 0 heterocycles. The second kappa shape index (κ2) is 5.65. The molecule has 86 valence electrons. The number of alkyl halides is 1. The summed E-state index contributed by atoms with van der Waals surface area (Å²) in [5, 5.41) is 11.0. The van der Waals surface area contributed by atoms with E-state index in [1.807, 2.05) is 18.2 Å². The van der Waals surface area contributed by atoms with Crippen LogP contribution in [0.25, 0.3) is 0 Å². The average Bonchev–Trinajstić information content (AvgIpc) is 2.28. The van der Waals surface area contributed by atoms with E-state index in [2.05, 4.69) is 21.2 Å². The molecule has 0 radical (unpaired) electrons. The summed E-state index contributed by atoms with van der Waals surface area (Å²) in [6, 6.07) is 8.18. The van der Waals surface area contributed by atoms with Gasteiger partial charge in [-0.15, -0.1) is 0 Å². The number of benzene rings is 1. The Labute approximate surface area is 102 Å². The van der Waals surface area contributed by atoms with Crippen molar-refractivity contribution >= 4 is 27.8 Å². The van der Waals surface area contributed by atoms with Crippen LogP contribution >= 0.6 is 15.9 Å². The van der Waals surface area contributed by atoms with Gasteiger partial charge in [0, 0.05) is 0 Å². The molecule has 0 aliphatic rings. The fourth-order valence-corrected chi connectivity index (χ4v) is 1.56. The highest BCUT2D eigenvalue weighted by molar-refractivity contribution is 9.09. The molecular formula is C11H12BrNO3. The summed E-state index contributed by atoms with van der Waals surface area (Å²) in [7, 11) is 0. The first kappa shape index (κ1) is 12.7. The van der Waals surface area contributed by atoms with E-state index in [1.54, 1.807) is 12.1 Å². The van der Waals surface area contributed by atoms with E-state index < -0.39 is 16.8 Å². The molecule has 1 amide bonds. The number of nitrogens with one attached hydrogen (secondary N) is 1. The van der Waals surface area contributed by atoms with Crippen LogP contribution in [0.4, 0.5) is 0 Å². The fraction of sp³-hybridized carbons (Fsp3) is 0.273. The molecule has 0 saturated heterocycles. The van der Waals surface area contributed by atoms with Crippen molar-refractivity contribution in [2.24, 2.45) is 0 Å². The number of carbonyl (C=O) groups is 2. The number of carboxylic acids is 1. The molecule has 4 nitrogen and oxygen atoms in total. The Morgan fingerprint density at radius 1 is 1.31 bits per heavy atom. The van der Waals surface area contributed by atoms with Crippen LogP contribution in [-0.4, -0.2) is 23.0 Å². The Balaban J connectivity index is 2.65. The molecule has 0 fully saturated rings. The topological polar surface area (TPSA) is 66.4 Å². The predicted octanol–water partition coefficient (Wildman–Crippen LogP) is 1.71. The molecule has 2 atom stereocenters. The standard InChI is InChI=1S/C11H12BrNO3/c1-7(11(15)16)13-10(14)9(12)8-5-3-2-4-6-8/h2-7,9H,1H3,(H,13,14)(H,15,16). The highest BCUT2D eigenvalue weighted by Gasteiger charge is 2.21. The van der Waals surface area contributed by atoms with Gasteiger partial charge in [-0.25, -0.2) is 0 Å². The normalized spacial score (nSPS) is 13.9. The lowest BCUT2D eigenvalue weighted by atomic mass is 10.1. The van der Waals surface area contributed by atoms with E-state index in [9.17, 15) is 9.59 Å². The van der Waals surface area contributed by atoms with Crippen molar-refractivity contribution in [2.45, 2.75) is 17.8 Å². The molecule has 16 heavy (non-hydrogen) atoms. The lowest BCUT2D eigenvalue weighted by Crippen LogP contribution is -2.39. The minimum atomic E-state index is -1.05. The van der Waals surface area contributed by atoms with Gasteiger partial charge in [-0.3, -0.25) is 9.59 Å². The summed E-state index contributed by atoms with van der Waals surface area (Å²) in [6.45, 7) is 1.42. The molecule has 0 aliphatic carbocycles. The smallest absolute Gasteiger partial charge is 0.325 e. The molecule has 0 bridgehead atoms. The third-order valence-electron chi connectivity index (χ3n) is 2.05. The zero-order valence-electron chi connectivity index (χ0n) is 8.68. The number of rotatable bonds is 4. The highest BCUT2D eigenvalue weighted by atomic mass is 79.9. The number of hydrogen-bond donors (Lipinski definition) is 2. The van der Waals surface area contributed by atoms with E-state index >= 15 is 0 Å². The van der Waals surface area contributed by atoms with Gasteiger partial charge in [-0.05, 0) is 12.5 Å². The Morgan fingerprint density at radius 2 is 1.88 bits per heavy atom. The first-order valence-electron chi connectivity index (χ1n) is 4.74. The molecule has 0 aliphatic heterocycles. The summed E-state index contributed by atoms with van der Waals surface area (Å²) in [5.74, 6) is -1.41. The molecule has 0 spiro atoms. The molecule has 2 unspecified atom stereocenters. The van der Waals surface area contributed by atoms with Crippen LogP contribution in [0, 0.1) is 0 Å². The Morgan fingerprint density at radius 3 is 2.38 bits per heavy atom. The third kappa shape index (κ3) is 3.34. The van der Waals surface area contributed by atoms with Gasteiger partial charge in [-0.2, -0.15) is 0 Å². The quantitative estimate of drug-likeness (QED) is 0.828. The summed E-state index contributed by atoms with van der Waals surface area (Å²) < 4.78 is 0. The van der Waals surface area contributed by atoms with Gasteiger partial charge >= 0.3 is 5.97 Å². The second-order valence-corrected chi connectivity index (χ2v) is 4.26. The van der Waals surface area contributed by atoms with Crippen LogP contribution in [0.5, 0.6) is 0 Å². The van der Waals surface area contributed by atoms with Gasteiger partial charge < -0.3 is 10.4 Å². The minimum Gasteiger partial charge on any atom is -0.480 e. The van der Waals surface area contributed by atoms with Crippen LogP contribution in [-0.2, 0) is 9.59 Å². The molecule has 5 heteroatoms. The van der Waals surface area contributed by atoms with Gasteiger partial charge in [-0.1, -0.05) is 46.3 Å². The Bertz CT molecular complexity index is 380. The van der Waals surface area contributed by atoms with E-state index in [4.69, 9.17) is 5.11 Å². The molecule has 0 aromatic heterocycles. The SMILES string of the molecule is CC(NC(=O)C(Br)c1ccccc1)C(=O)O. The number of hydrogen-bond acceptors (Lipinski definition) is 2. The molecule has 1 aromatic carbocycles. The first-order valence-corrected chi connectivity index (χ1v) is 5.66. The van der Waals surface area contributed by atoms with E-state index in [1.165, 1.54) is 6.92 Å². The maximum Gasteiger partial charge on any atom is 0.325 e. The number of carbonyl (C=O) groups excluding carboxylic acids is 1. The maximum atomic E-state index is 11.6. The summed E-state index contributed by atoms with van der Waals surface area (Å²) in [5.41, 5.74) is 0.789. The van der Waals surface area contributed by atoms with Crippen molar-refractivity contribution in [3.05, 3.63) is 35.9 Å². The van der Waals surface area contributed by atoms with Crippen molar-refractivity contribution in [2.75, 3.05) is 0 Å². The summed E-state index contributed by atoms with van der Waals surface area (Å²) >= 11 is 3.22. The van der Waals surface area contributed by atoms with Crippen molar-refractivity contribution in [3.63, 3.8) is 0 Å². The van der Waals surface area contributed by atoms with Gasteiger partial charge in [0.2, 0.25) is 5.91 Å². The van der Waals surface area contributed by atoms with E-state index in [0.717, 1.165) is 5.56 Å². The minimum absolute atomic E-state index is 0.360. The van der Waals surface area contributed by atoms with Crippen molar-refractivity contribution in [1.29, 1.82) is 0 Å². The second-order valence-electron chi connectivity index (χ2n) is 3.34. The van der Waals surface area contributed by atoms with Crippen LogP contribution in [0.1, 0.15) is 17.3 Å². The van der Waals surface area contributed by atoms with Gasteiger partial charge in [0.15, 0.2) is 0 Å². The zero-order valence-corrected chi connectivity index (χ0v) is 10.3. The number of amides is 1.